The molecule has 0 radical (unpaired) electrons. The minimum atomic E-state index is -1.41. The molecule has 0 aromatic rings. The number of nitrogens with zero attached hydrogens (tertiary/aromatic N) is 1. The largest absolute Gasteiger partial charge is 0.475 e. The molecule has 0 saturated carbocycles. The molecule has 2 heterocycles. The summed E-state index contributed by atoms with van der Waals surface area (Å²) in [6.45, 7) is 1.30. The van der Waals surface area contributed by atoms with E-state index in [0.717, 1.165) is 6.42 Å². The lowest BCUT2D eigenvalue weighted by molar-refractivity contribution is -0.130. The average Bonchev–Trinajstić information content (AvgIpc) is 3.08. The van der Waals surface area contributed by atoms with Gasteiger partial charge in [0.25, 0.3) is 0 Å². The fraction of sp³-hybridized carbons (Fsp3) is 0.727. The molecule has 2 saturated heterocycles. The second-order valence-corrected chi connectivity index (χ2v) is 4.84. The first-order valence-electron chi connectivity index (χ1n) is 6.79. The van der Waals surface area contributed by atoms with Gasteiger partial charge in [-0.1, -0.05) is 0 Å². The van der Waals surface area contributed by atoms with Gasteiger partial charge in [-0.3, -0.25) is 4.79 Å². The molecule has 0 aromatic carbocycles. The van der Waals surface area contributed by atoms with E-state index in [-0.39, 0.29) is 24.5 Å². The Labute approximate surface area is 123 Å². The molecule has 2 fully saturated rings. The first-order chi connectivity index (χ1) is 9.99. The maximum atomic E-state index is 11.4. The number of nitrogens with one attached hydrogen (secondary N) is 3. The van der Waals surface area contributed by atoms with Gasteiger partial charge >= 0.3 is 13.1 Å². The van der Waals surface area contributed by atoms with Crippen LogP contribution in [0.4, 0.5) is 4.79 Å². The molecule has 2 aliphatic rings. The normalized spacial score (nSPS) is 23.8. The zero-order chi connectivity index (χ0) is 15.8. The number of urea groups is 1. The van der Waals surface area contributed by atoms with Crippen molar-refractivity contribution in [2.24, 2.45) is 0 Å². The van der Waals surface area contributed by atoms with Crippen LogP contribution in [0.2, 0.25) is 0 Å². The van der Waals surface area contributed by atoms with E-state index in [2.05, 4.69) is 16.0 Å². The lowest BCUT2D eigenvalue weighted by Crippen LogP contribution is -2.47. The second-order valence-electron chi connectivity index (χ2n) is 4.84. The Morgan fingerprint density at radius 3 is 2.71 bits per heavy atom. The summed E-state index contributed by atoms with van der Waals surface area (Å²) in [7, 11) is 0.279. The Morgan fingerprint density at radius 2 is 2.29 bits per heavy atom. The van der Waals surface area contributed by atoms with Crippen LogP contribution in [0.1, 0.15) is 12.8 Å². The molecule has 2 rings (SSSR count). The van der Waals surface area contributed by atoms with Gasteiger partial charge in [0.05, 0.1) is 12.5 Å². The van der Waals surface area contributed by atoms with Crippen molar-refractivity contribution in [3.05, 3.63) is 0 Å². The number of hydrogen-bond acceptors (Lipinski definition) is 6. The van der Waals surface area contributed by atoms with Gasteiger partial charge in [0.15, 0.2) is 0 Å². The monoisotopic (exact) mass is 300 g/mol. The summed E-state index contributed by atoms with van der Waals surface area (Å²) in [5, 5.41) is 25.5. The highest BCUT2D eigenvalue weighted by atomic mass is 16.4. The lowest BCUT2D eigenvalue weighted by Gasteiger charge is -2.23. The summed E-state index contributed by atoms with van der Waals surface area (Å²) >= 11 is 0. The summed E-state index contributed by atoms with van der Waals surface area (Å²) in [4.78, 5) is 33.1. The third kappa shape index (κ3) is 5.33. The van der Waals surface area contributed by atoms with Crippen LogP contribution < -0.4 is 16.0 Å². The van der Waals surface area contributed by atoms with E-state index in [1.807, 2.05) is 0 Å². The van der Waals surface area contributed by atoms with Crippen molar-refractivity contribution in [1.29, 1.82) is 0 Å². The first-order valence-corrected chi connectivity index (χ1v) is 6.79. The summed E-state index contributed by atoms with van der Waals surface area (Å²) in [6, 6.07) is -0.579. The molecule has 2 unspecified atom stereocenters. The quantitative estimate of drug-likeness (QED) is 0.279. The molecule has 0 spiro atoms. The van der Waals surface area contributed by atoms with Gasteiger partial charge in [-0.15, -0.1) is 0 Å². The van der Waals surface area contributed by atoms with E-state index < -0.39 is 13.1 Å². The average molecular weight is 300 g/mol. The summed E-state index contributed by atoms with van der Waals surface area (Å²) in [5.74, 6) is -0.487. The van der Waals surface area contributed by atoms with E-state index in [1.165, 1.54) is 4.90 Å². The van der Waals surface area contributed by atoms with Crippen molar-refractivity contribution in [3.63, 3.8) is 0 Å². The second kappa shape index (κ2) is 8.60. The van der Waals surface area contributed by atoms with Crippen molar-refractivity contribution >= 4 is 25.3 Å². The van der Waals surface area contributed by atoms with Crippen LogP contribution in [0.3, 0.4) is 0 Å². The number of amides is 3. The van der Waals surface area contributed by atoms with Crippen LogP contribution in [0.5, 0.6) is 0 Å². The van der Waals surface area contributed by atoms with Gasteiger partial charge < -0.3 is 35.7 Å². The predicted octanol–water partition coefficient (Wildman–Crippen LogP) is -2.92. The molecule has 21 heavy (non-hydrogen) atoms. The molecule has 5 N–H and O–H groups in total. The van der Waals surface area contributed by atoms with Crippen molar-refractivity contribution in [2.45, 2.75) is 24.8 Å². The summed E-state index contributed by atoms with van der Waals surface area (Å²) in [6.07, 6.45) is 2.22. The highest BCUT2D eigenvalue weighted by Crippen LogP contribution is 2.17. The Hall–Kier alpha value is -1.65. The molecule has 2 aliphatic heterocycles. The van der Waals surface area contributed by atoms with Crippen molar-refractivity contribution in [2.75, 3.05) is 26.7 Å². The molecule has 2 atom stereocenters. The van der Waals surface area contributed by atoms with Crippen molar-refractivity contribution in [1.82, 2.24) is 20.9 Å². The zero-order valence-electron chi connectivity index (χ0n) is 11.9. The summed E-state index contributed by atoms with van der Waals surface area (Å²) in [5.41, 5.74) is 0. The number of hydrogen-bond donors (Lipinski definition) is 5. The molecule has 0 aliphatic carbocycles. The number of carbonyl (C=O) groups is 3. The molecular weight excluding hydrogens is 279 g/mol. The maximum Gasteiger partial charge on any atom is 0.475 e. The smallest absolute Gasteiger partial charge is 0.426 e. The van der Waals surface area contributed by atoms with E-state index in [9.17, 15) is 14.4 Å². The first kappa shape index (κ1) is 17.4. The number of likely N-dealkylation sites (N-methyl/N-ethyl adjacent to an activating group) is 1. The highest BCUT2D eigenvalue weighted by Gasteiger charge is 2.36. The molecule has 10 heteroatoms. The fourth-order valence-corrected chi connectivity index (χ4v) is 2.22. The Bertz CT molecular complexity index is 382. The lowest BCUT2D eigenvalue weighted by atomic mass is 9.78. The van der Waals surface area contributed by atoms with Crippen molar-refractivity contribution in [3.8, 4) is 0 Å². The SMILES string of the molecule is CNCC(=O)N1CCCC1B(O)O.O=CC1CNC(=O)N1. The van der Waals surface area contributed by atoms with Gasteiger partial charge in [-0.25, -0.2) is 4.79 Å². The van der Waals surface area contributed by atoms with Crippen molar-refractivity contribution < 1.29 is 24.4 Å². The third-order valence-electron chi connectivity index (χ3n) is 3.26. The fourth-order valence-electron chi connectivity index (χ4n) is 2.22. The van der Waals surface area contributed by atoms with Gasteiger partial charge in [0.1, 0.15) is 12.3 Å². The van der Waals surface area contributed by atoms with E-state index in [0.29, 0.717) is 25.8 Å². The topological polar surface area (TPSA) is 131 Å². The van der Waals surface area contributed by atoms with E-state index in [1.54, 1.807) is 7.05 Å². The van der Waals surface area contributed by atoms with Gasteiger partial charge in [0, 0.05) is 13.1 Å². The van der Waals surface area contributed by atoms with Crippen LogP contribution in [0.15, 0.2) is 0 Å². The molecule has 0 aromatic heterocycles. The number of aldehydes is 1. The summed E-state index contributed by atoms with van der Waals surface area (Å²) < 4.78 is 0. The van der Waals surface area contributed by atoms with Gasteiger partial charge in [-0.05, 0) is 19.9 Å². The standard InChI is InChI=1S/C7H15BN2O3.C4H6N2O2/c1-9-5-7(11)10-4-2-3-6(10)8(12)13;7-2-3-1-5-4(8)6-3/h6,9,12-13H,2-5H2,1H3;2-3H,1H2,(H2,5,6,8). The van der Waals surface area contributed by atoms with E-state index in [4.69, 9.17) is 10.0 Å². The zero-order valence-corrected chi connectivity index (χ0v) is 11.9. The number of rotatable bonds is 4. The van der Waals surface area contributed by atoms with Gasteiger partial charge in [-0.2, -0.15) is 0 Å². The van der Waals surface area contributed by atoms with Crippen LogP contribution in [0, 0.1) is 0 Å². The molecular formula is C11H21BN4O5. The van der Waals surface area contributed by atoms with Crippen LogP contribution in [-0.2, 0) is 9.59 Å². The number of likely N-dealkylation sites (tertiary alicyclic amines) is 1. The minimum Gasteiger partial charge on any atom is -0.426 e. The molecule has 3 amide bonds. The minimum absolute atomic E-state index is 0.0712. The van der Waals surface area contributed by atoms with Crippen LogP contribution >= 0.6 is 0 Å². The molecule has 0 bridgehead atoms. The third-order valence-corrected chi connectivity index (χ3v) is 3.26. The Balaban J connectivity index is 0.000000235. The Kier molecular flexibility index (Phi) is 7.13. The molecule has 9 nitrogen and oxygen atoms in total. The predicted molar refractivity (Wildman–Crippen MR) is 75.2 cm³/mol. The highest BCUT2D eigenvalue weighted by molar-refractivity contribution is 6.43. The van der Waals surface area contributed by atoms with Gasteiger partial charge in [0.2, 0.25) is 5.91 Å². The van der Waals surface area contributed by atoms with Crippen LogP contribution in [-0.4, -0.2) is 79.0 Å². The number of carbonyl (C=O) groups excluding carboxylic acids is 3. The van der Waals surface area contributed by atoms with E-state index >= 15 is 0 Å². The Morgan fingerprint density at radius 1 is 1.57 bits per heavy atom. The molecule has 118 valence electrons. The maximum absolute atomic E-state index is 11.4. The van der Waals surface area contributed by atoms with Crippen LogP contribution in [0.25, 0.3) is 0 Å².